The molecule has 1 unspecified atom stereocenters. The van der Waals surface area contributed by atoms with E-state index < -0.39 is 0 Å². The fourth-order valence-electron chi connectivity index (χ4n) is 3.48. The van der Waals surface area contributed by atoms with Crippen LogP contribution >= 0.6 is 0 Å². The highest BCUT2D eigenvalue weighted by Crippen LogP contribution is 2.32. The van der Waals surface area contributed by atoms with Crippen molar-refractivity contribution in [2.75, 3.05) is 13.7 Å². The van der Waals surface area contributed by atoms with E-state index >= 15 is 0 Å². The average Bonchev–Trinajstić information content (AvgIpc) is 3.42. The molecule has 2 heterocycles. The molecule has 1 fully saturated rings. The first-order chi connectivity index (χ1) is 13.7. The molecule has 1 aromatic heterocycles. The van der Waals surface area contributed by atoms with Gasteiger partial charge < -0.3 is 9.26 Å². The van der Waals surface area contributed by atoms with Crippen LogP contribution in [0.5, 0.6) is 0 Å². The van der Waals surface area contributed by atoms with Crippen molar-refractivity contribution in [3.05, 3.63) is 59.9 Å². The van der Waals surface area contributed by atoms with Crippen LogP contribution in [0.25, 0.3) is 22.6 Å². The maximum absolute atomic E-state index is 12.1. The Kier molecular flexibility index (Phi) is 4.77. The first kappa shape index (κ1) is 17.7. The van der Waals surface area contributed by atoms with E-state index in [0.717, 1.165) is 29.5 Å². The number of hydrogen-bond donors (Lipinski definition) is 0. The molecule has 4 rings (SSSR count). The topological polar surface area (TPSA) is 92.2 Å². The number of likely N-dealkylation sites (tertiary alicyclic amines) is 1. The SMILES string of the molecule is COC(=O)c1ccccc1-c1cccc(-c2nc(C3CCCN3C#N)no2)c1. The molecule has 0 radical (unpaired) electrons. The van der Waals surface area contributed by atoms with Crippen molar-refractivity contribution in [2.45, 2.75) is 18.9 Å². The summed E-state index contributed by atoms with van der Waals surface area (Å²) in [5.41, 5.74) is 2.85. The van der Waals surface area contributed by atoms with Crippen molar-refractivity contribution in [2.24, 2.45) is 0 Å². The Labute approximate surface area is 162 Å². The minimum Gasteiger partial charge on any atom is -0.465 e. The Morgan fingerprint density at radius 3 is 2.89 bits per heavy atom. The van der Waals surface area contributed by atoms with Crippen molar-refractivity contribution >= 4 is 5.97 Å². The molecule has 0 spiro atoms. The van der Waals surface area contributed by atoms with Gasteiger partial charge in [-0.1, -0.05) is 35.5 Å². The molecule has 7 nitrogen and oxygen atoms in total. The molecule has 0 bridgehead atoms. The largest absolute Gasteiger partial charge is 0.465 e. The van der Waals surface area contributed by atoms with Crippen LogP contribution in [-0.4, -0.2) is 34.7 Å². The van der Waals surface area contributed by atoms with E-state index in [1.807, 2.05) is 36.4 Å². The van der Waals surface area contributed by atoms with Crippen LogP contribution < -0.4 is 0 Å². The Balaban J connectivity index is 1.68. The molecule has 0 aliphatic carbocycles. The molecule has 1 aliphatic heterocycles. The second-order valence-corrected chi connectivity index (χ2v) is 6.53. The molecule has 2 aromatic carbocycles. The van der Waals surface area contributed by atoms with Crippen molar-refractivity contribution in [3.8, 4) is 28.8 Å². The molecule has 140 valence electrons. The molecule has 0 amide bonds. The Bertz CT molecular complexity index is 1050. The number of methoxy groups -OCH3 is 1. The number of aromatic nitrogens is 2. The first-order valence-electron chi connectivity index (χ1n) is 8.99. The zero-order valence-electron chi connectivity index (χ0n) is 15.3. The number of carbonyl (C=O) groups excluding carboxylic acids is 1. The van der Waals surface area contributed by atoms with Gasteiger partial charge in [0.15, 0.2) is 12.0 Å². The number of ether oxygens (including phenoxy) is 1. The fourth-order valence-corrected chi connectivity index (χ4v) is 3.48. The maximum Gasteiger partial charge on any atom is 0.338 e. The van der Waals surface area contributed by atoms with Gasteiger partial charge in [0.25, 0.3) is 5.89 Å². The smallest absolute Gasteiger partial charge is 0.338 e. The predicted octanol–water partition coefficient (Wildman–Crippen LogP) is 3.81. The van der Waals surface area contributed by atoms with Gasteiger partial charge in [-0.15, -0.1) is 0 Å². The summed E-state index contributed by atoms with van der Waals surface area (Å²) in [7, 11) is 1.36. The molecule has 1 aliphatic rings. The lowest BCUT2D eigenvalue weighted by molar-refractivity contribution is 0.0601. The predicted molar refractivity (Wildman–Crippen MR) is 101 cm³/mol. The van der Waals surface area contributed by atoms with Gasteiger partial charge in [0.2, 0.25) is 0 Å². The lowest BCUT2D eigenvalue weighted by Crippen LogP contribution is -2.17. The summed E-state index contributed by atoms with van der Waals surface area (Å²) in [4.78, 5) is 18.3. The van der Waals surface area contributed by atoms with Gasteiger partial charge >= 0.3 is 5.97 Å². The third-order valence-electron chi connectivity index (χ3n) is 4.87. The lowest BCUT2D eigenvalue weighted by Gasteiger charge is -2.13. The van der Waals surface area contributed by atoms with Crippen LogP contribution in [0.3, 0.4) is 0 Å². The number of rotatable bonds is 4. The van der Waals surface area contributed by atoms with Crippen LogP contribution in [-0.2, 0) is 4.74 Å². The molecular weight excluding hydrogens is 356 g/mol. The molecule has 3 aromatic rings. The summed E-state index contributed by atoms with van der Waals surface area (Å²) in [6.45, 7) is 0.713. The van der Waals surface area contributed by atoms with Gasteiger partial charge in [-0.05, 0) is 42.2 Å². The quantitative estimate of drug-likeness (QED) is 0.506. The van der Waals surface area contributed by atoms with Crippen molar-refractivity contribution in [1.29, 1.82) is 5.26 Å². The van der Waals surface area contributed by atoms with Crippen molar-refractivity contribution < 1.29 is 14.1 Å². The summed E-state index contributed by atoms with van der Waals surface area (Å²) in [5, 5.41) is 13.3. The minimum atomic E-state index is -0.390. The molecule has 1 saturated heterocycles. The summed E-state index contributed by atoms with van der Waals surface area (Å²) in [6.07, 6.45) is 3.95. The minimum absolute atomic E-state index is 0.134. The van der Waals surface area contributed by atoms with E-state index in [2.05, 4.69) is 16.3 Å². The van der Waals surface area contributed by atoms with Gasteiger partial charge in [-0.2, -0.15) is 10.2 Å². The Hall–Kier alpha value is -3.66. The zero-order valence-corrected chi connectivity index (χ0v) is 15.3. The maximum atomic E-state index is 12.1. The van der Waals surface area contributed by atoms with Crippen LogP contribution in [0.2, 0.25) is 0 Å². The van der Waals surface area contributed by atoms with E-state index in [4.69, 9.17) is 9.26 Å². The number of hydrogen-bond acceptors (Lipinski definition) is 7. The van der Waals surface area contributed by atoms with E-state index in [-0.39, 0.29) is 12.0 Å². The lowest BCUT2D eigenvalue weighted by atomic mass is 9.98. The van der Waals surface area contributed by atoms with Crippen molar-refractivity contribution in [3.63, 3.8) is 0 Å². The summed E-state index contributed by atoms with van der Waals surface area (Å²) in [6, 6.07) is 14.7. The monoisotopic (exact) mass is 374 g/mol. The summed E-state index contributed by atoms with van der Waals surface area (Å²) in [5.74, 6) is 0.519. The number of carbonyl (C=O) groups is 1. The van der Waals surface area contributed by atoms with Gasteiger partial charge in [0.05, 0.1) is 12.7 Å². The van der Waals surface area contributed by atoms with E-state index in [1.165, 1.54) is 7.11 Å². The highest BCUT2D eigenvalue weighted by molar-refractivity contribution is 5.97. The zero-order chi connectivity index (χ0) is 19.5. The number of benzene rings is 2. The van der Waals surface area contributed by atoms with Crippen LogP contribution in [0.1, 0.15) is 35.1 Å². The second-order valence-electron chi connectivity index (χ2n) is 6.53. The van der Waals surface area contributed by atoms with E-state index in [9.17, 15) is 10.1 Å². The normalized spacial score (nSPS) is 16.0. The average molecular weight is 374 g/mol. The number of nitriles is 1. The van der Waals surface area contributed by atoms with Crippen molar-refractivity contribution in [1.82, 2.24) is 15.0 Å². The summed E-state index contributed by atoms with van der Waals surface area (Å²) < 4.78 is 10.3. The summed E-state index contributed by atoms with van der Waals surface area (Å²) >= 11 is 0. The third-order valence-corrected chi connectivity index (χ3v) is 4.87. The first-order valence-corrected chi connectivity index (χ1v) is 8.99. The molecule has 1 atom stereocenters. The molecule has 7 heteroatoms. The molecule has 0 N–H and O–H groups in total. The van der Waals surface area contributed by atoms with Crippen LogP contribution in [0.15, 0.2) is 53.1 Å². The number of esters is 1. The van der Waals surface area contributed by atoms with Crippen LogP contribution in [0, 0.1) is 11.5 Å². The van der Waals surface area contributed by atoms with Gasteiger partial charge in [0.1, 0.15) is 6.04 Å². The van der Waals surface area contributed by atoms with Gasteiger partial charge in [0, 0.05) is 12.1 Å². The van der Waals surface area contributed by atoms with Gasteiger partial charge in [-0.25, -0.2) is 4.79 Å². The van der Waals surface area contributed by atoms with E-state index in [1.54, 1.807) is 17.0 Å². The molecular formula is C21H18N4O3. The van der Waals surface area contributed by atoms with Crippen LogP contribution in [0.4, 0.5) is 0 Å². The highest BCUT2D eigenvalue weighted by atomic mass is 16.5. The number of nitrogens with zero attached hydrogens (tertiary/aromatic N) is 4. The fraction of sp³-hybridized carbons (Fsp3) is 0.238. The van der Waals surface area contributed by atoms with Gasteiger partial charge in [-0.3, -0.25) is 4.90 Å². The molecule has 28 heavy (non-hydrogen) atoms. The van der Waals surface area contributed by atoms with E-state index in [0.29, 0.717) is 23.8 Å². The Morgan fingerprint density at radius 1 is 1.25 bits per heavy atom. The molecule has 0 saturated carbocycles. The highest BCUT2D eigenvalue weighted by Gasteiger charge is 2.29. The standard InChI is InChI=1S/C21H18N4O3/c1-27-21(26)17-9-3-2-8-16(17)14-6-4-7-15(12-14)20-23-19(24-28-20)18-10-5-11-25(18)13-22/h2-4,6-9,12,18H,5,10-11H2,1H3. The third kappa shape index (κ3) is 3.21. The second kappa shape index (κ2) is 7.53. The Morgan fingerprint density at radius 2 is 2.07 bits per heavy atom.